The van der Waals surface area contributed by atoms with Crippen molar-refractivity contribution in [2.45, 2.75) is 0 Å². The van der Waals surface area contributed by atoms with Crippen LogP contribution in [-0.4, -0.2) is 40.9 Å². The number of hydrogen-bond donors (Lipinski definition) is 0. The van der Waals surface area contributed by atoms with Crippen molar-refractivity contribution in [1.29, 1.82) is 0 Å². The summed E-state index contributed by atoms with van der Waals surface area (Å²) in [6.45, 7) is 3.08. The Balaban J connectivity index is 2.05. The number of aromatic nitrogens is 3. The van der Waals surface area contributed by atoms with Gasteiger partial charge in [0.2, 0.25) is 5.28 Å². The maximum atomic E-state index is 6.24. The van der Waals surface area contributed by atoms with Gasteiger partial charge in [0.15, 0.2) is 5.65 Å². The highest BCUT2D eigenvalue weighted by Crippen LogP contribution is 2.27. The SMILES string of the molecule is Clc1nc2cc(Cl)c(N3CCOCC3)cn2n1. The van der Waals surface area contributed by atoms with E-state index in [4.69, 9.17) is 27.9 Å². The van der Waals surface area contributed by atoms with E-state index in [1.54, 1.807) is 10.6 Å². The third-order valence-electron chi connectivity index (χ3n) is 2.73. The van der Waals surface area contributed by atoms with Crippen LogP contribution in [0, 0.1) is 0 Å². The van der Waals surface area contributed by atoms with Gasteiger partial charge in [0.1, 0.15) is 0 Å². The first-order chi connectivity index (χ1) is 8.24. The first kappa shape index (κ1) is 11.1. The summed E-state index contributed by atoms with van der Waals surface area (Å²) in [6, 6.07) is 1.77. The van der Waals surface area contributed by atoms with E-state index in [-0.39, 0.29) is 5.28 Å². The van der Waals surface area contributed by atoms with E-state index in [1.807, 2.05) is 6.20 Å². The summed E-state index contributed by atoms with van der Waals surface area (Å²) in [5, 5.41) is 4.94. The molecule has 1 aliphatic heterocycles. The average molecular weight is 273 g/mol. The highest BCUT2D eigenvalue weighted by molar-refractivity contribution is 6.33. The van der Waals surface area contributed by atoms with Crippen molar-refractivity contribution in [2.75, 3.05) is 31.2 Å². The molecule has 2 aromatic rings. The molecule has 0 aromatic carbocycles. The van der Waals surface area contributed by atoms with Gasteiger partial charge in [0.25, 0.3) is 0 Å². The zero-order valence-corrected chi connectivity index (χ0v) is 10.4. The quantitative estimate of drug-likeness (QED) is 0.795. The van der Waals surface area contributed by atoms with Crippen LogP contribution in [0.1, 0.15) is 0 Å². The number of anilines is 1. The molecule has 0 atom stereocenters. The number of pyridine rings is 1. The molecule has 0 bridgehead atoms. The molecular formula is C10H10Cl2N4O. The van der Waals surface area contributed by atoms with Crippen LogP contribution in [0.5, 0.6) is 0 Å². The maximum absolute atomic E-state index is 6.24. The lowest BCUT2D eigenvalue weighted by molar-refractivity contribution is 0.122. The monoisotopic (exact) mass is 272 g/mol. The lowest BCUT2D eigenvalue weighted by atomic mass is 10.3. The molecule has 0 radical (unpaired) electrons. The number of fused-ring (bicyclic) bond motifs is 1. The van der Waals surface area contributed by atoms with Gasteiger partial charge in [-0.1, -0.05) is 11.6 Å². The Kier molecular flexibility index (Phi) is 2.82. The summed E-state index contributed by atoms with van der Waals surface area (Å²) < 4.78 is 6.95. The molecule has 1 fully saturated rings. The summed E-state index contributed by atoms with van der Waals surface area (Å²) in [7, 11) is 0. The van der Waals surface area contributed by atoms with Gasteiger partial charge in [0.05, 0.1) is 30.1 Å². The van der Waals surface area contributed by atoms with Crippen LogP contribution >= 0.6 is 23.2 Å². The largest absolute Gasteiger partial charge is 0.378 e. The van der Waals surface area contributed by atoms with E-state index in [0.29, 0.717) is 23.9 Å². The number of halogens is 2. The van der Waals surface area contributed by atoms with Crippen molar-refractivity contribution in [2.24, 2.45) is 0 Å². The highest BCUT2D eigenvalue weighted by atomic mass is 35.5. The Hall–Kier alpha value is -1.04. The maximum Gasteiger partial charge on any atom is 0.243 e. The molecule has 1 aliphatic rings. The van der Waals surface area contributed by atoms with Crippen LogP contribution in [0.2, 0.25) is 10.3 Å². The van der Waals surface area contributed by atoms with E-state index >= 15 is 0 Å². The van der Waals surface area contributed by atoms with Crippen molar-refractivity contribution in [3.8, 4) is 0 Å². The van der Waals surface area contributed by atoms with Gasteiger partial charge in [-0.2, -0.15) is 4.98 Å². The van der Waals surface area contributed by atoms with E-state index in [1.165, 1.54) is 0 Å². The number of hydrogen-bond acceptors (Lipinski definition) is 4. The van der Waals surface area contributed by atoms with Gasteiger partial charge in [-0.15, -0.1) is 5.10 Å². The number of rotatable bonds is 1. The number of ether oxygens (including phenoxy) is 1. The minimum absolute atomic E-state index is 0.222. The van der Waals surface area contributed by atoms with Crippen molar-refractivity contribution in [1.82, 2.24) is 14.6 Å². The van der Waals surface area contributed by atoms with Crippen LogP contribution < -0.4 is 4.90 Å². The fourth-order valence-electron chi connectivity index (χ4n) is 1.90. The first-order valence-electron chi connectivity index (χ1n) is 5.28. The van der Waals surface area contributed by atoms with Crippen LogP contribution in [0.15, 0.2) is 12.3 Å². The standard InChI is InChI=1S/C10H10Cl2N4O/c11-7-5-9-13-10(12)14-16(9)6-8(7)15-1-3-17-4-2-15/h5-6H,1-4H2. The van der Waals surface area contributed by atoms with Gasteiger partial charge >= 0.3 is 0 Å². The van der Waals surface area contributed by atoms with Crippen molar-refractivity contribution in [3.05, 3.63) is 22.6 Å². The van der Waals surface area contributed by atoms with Gasteiger partial charge in [-0.3, -0.25) is 0 Å². The molecule has 0 saturated carbocycles. The predicted molar refractivity (Wildman–Crippen MR) is 66.0 cm³/mol. The summed E-state index contributed by atoms with van der Waals surface area (Å²) in [6.07, 6.45) is 1.85. The molecule has 17 heavy (non-hydrogen) atoms. The zero-order chi connectivity index (χ0) is 11.8. The second kappa shape index (κ2) is 4.33. The smallest absolute Gasteiger partial charge is 0.243 e. The third-order valence-corrected chi connectivity index (χ3v) is 3.19. The molecular weight excluding hydrogens is 263 g/mol. The van der Waals surface area contributed by atoms with Gasteiger partial charge < -0.3 is 9.64 Å². The zero-order valence-electron chi connectivity index (χ0n) is 8.94. The number of nitrogens with zero attached hydrogens (tertiary/aromatic N) is 4. The Labute approximate surface area is 108 Å². The van der Waals surface area contributed by atoms with Crippen LogP contribution in [0.3, 0.4) is 0 Å². The molecule has 0 aliphatic carbocycles. The molecule has 0 spiro atoms. The fourth-order valence-corrected chi connectivity index (χ4v) is 2.34. The van der Waals surface area contributed by atoms with Crippen molar-refractivity contribution in [3.63, 3.8) is 0 Å². The first-order valence-corrected chi connectivity index (χ1v) is 6.04. The summed E-state index contributed by atoms with van der Waals surface area (Å²) in [5.41, 5.74) is 1.58. The lowest BCUT2D eigenvalue weighted by Gasteiger charge is -2.29. The lowest BCUT2D eigenvalue weighted by Crippen LogP contribution is -2.36. The molecule has 0 amide bonds. The molecule has 7 heteroatoms. The summed E-state index contributed by atoms with van der Waals surface area (Å²) >= 11 is 12.0. The predicted octanol–water partition coefficient (Wildman–Crippen LogP) is 1.87. The summed E-state index contributed by atoms with van der Waals surface area (Å²) in [5.74, 6) is 0. The Morgan fingerprint density at radius 3 is 2.76 bits per heavy atom. The Morgan fingerprint density at radius 1 is 1.24 bits per heavy atom. The van der Waals surface area contributed by atoms with Gasteiger partial charge in [-0.05, 0) is 11.6 Å². The van der Waals surface area contributed by atoms with Crippen molar-refractivity contribution < 1.29 is 4.74 Å². The second-order valence-corrected chi connectivity index (χ2v) is 4.53. The van der Waals surface area contributed by atoms with E-state index in [2.05, 4.69) is 15.0 Å². The van der Waals surface area contributed by atoms with Crippen LogP contribution in [0.25, 0.3) is 5.65 Å². The number of morpholine rings is 1. The molecule has 90 valence electrons. The average Bonchev–Trinajstić information content (AvgIpc) is 2.68. The highest BCUT2D eigenvalue weighted by Gasteiger charge is 2.16. The molecule has 3 heterocycles. The molecule has 2 aromatic heterocycles. The van der Waals surface area contributed by atoms with Gasteiger partial charge in [-0.25, -0.2) is 4.52 Å². The normalized spacial score (nSPS) is 16.7. The molecule has 0 unspecified atom stereocenters. The van der Waals surface area contributed by atoms with Gasteiger partial charge in [0, 0.05) is 19.2 Å². The van der Waals surface area contributed by atoms with Crippen LogP contribution in [0.4, 0.5) is 5.69 Å². The topological polar surface area (TPSA) is 42.7 Å². The second-order valence-electron chi connectivity index (χ2n) is 3.79. The van der Waals surface area contributed by atoms with Crippen LogP contribution in [-0.2, 0) is 4.74 Å². The van der Waals surface area contributed by atoms with E-state index < -0.39 is 0 Å². The van der Waals surface area contributed by atoms with Crippen molar-refractivity contribution >= 4 is 34.5 Å². The Morgan fingerprint density at radius 2 is 2.00 bits per heavy atom. The molecule has 1 saturated heterocycles. The third kappa shape index (κ3) is 2.06. The molecule has 5 nitrogen and oxygen atoms in total. The molecule has 3 rings (SSSR count). The van der Waals surface area contributed by atoms with E-state index in [0.717, 1.165) is 18.8 Å². The fraction of sp³-hybridized carbons (Fsp3) is 0.400. The van der Waals surface area contributed by atoms with E-state index in [9.17, 15) is 0 Å². The molecule has 0 N–H and O–H groups in total. The Bertz CT molecular complexity index is 550. The minimum atomic E-state index is 0.222. The minimum Gasteiger partial charge on any atom is -0.378 e. The summed E-state index contributed by atoms with van der Waals surface area (Å²) in [4.78, 5) is 6.22.